The number of fused-ring (bicyclic) bond motifs is 1. The van der Waals surface area contributed by atoms with E-state index in [0.717, 1.165) is 64.1 Å². The predicted molar refractivity (Wildman–Crippen MR) is 142 cm³/mol. The van der Waals surface area contributed by atoms with Gasteiger partial charge in [0.05, 0.1) is 23.7 Å². The third kappa shape index (κ3) is 4.58. The highest BCUT2D eigenvalue weighted by Crippen LogP contribution is 2.31. The van der Waals surface area contributed by atoms with Crippen molar-refractivity contribution in [3.63, 3.8) is 0 Å². The van der Waals surface area contributed by atoms with E-state index < -0.39 is 5.97 Å². The van der Waals surface area contributed by atoms with E-state index in [2.05, 4.69) is 22.0 Å². The molecule has 0 saturated heterocycles. The minimum atomic E-state index is -0.392. The summed E-state index contributed by atoms with van der Waals surface area (Å²) in [4.78, 5) is 34.6. The first-order valence-corrected chi connectivity index (χ1v) is 12.3. The van der Waals surface area contributed by atoms with Crippen LogP contribution in [-0.4, -0.2) is 41.0 Å². The van der Waals surface area contributed by atoms with Gasteiger partial charge in [-0.1, -0.05) is 61.0 Å². The van der Waals surface area contributed by atoms with Crippen LogP contribution in [0.1, 0.15) is 47.1 Å². The fourth-order valence-electron chi connectivity index (χ4n) is 4.61. The molecule has 37 heavy (non-hydrogen) atoms. The lowest BCUT2D eigenvalue weighted by atomic mass is 9.98. The Balaban J connectivity index is 1.63. The lowest BCUT2D eigenvalue weighted by Crippen LogP contribution is -2.37. The number of carbonyl (C=O) groups excluding carboxylic acids is 2. The van der Waals surface area contributed by atoms with Gasteiger partial charge >= 0.3 is 5.97 Å². The Labute approximate surface area is 214 Å². The van der Waals surface area contributed by atoms with Crippen LogP contribution in [0.4, 0.5) is 0 Å². The normalized spacial score (nSPS) is 13.2. The van der Waals surface area contributed by atoms with Gasteiger partial charge in [-0.3, -0.25) is 9.36 Å². The second kappa shape index (κ2) is 10.3. The number of methoxy groups -OCH3 is 1. The Hall–Kier alpha value is -4.46. The van der Waals surface area contributed by atoms with Gasteiger partial charge in [0.15, 0.2) is 12.4 Å². The molecule has 3 aromatic carbocycles. The maximum absolute atomic E-state index is 12.7. The van der Waals surface area contributed by atoms with Crippen LogP contribution in [0, 0.1) is 6.92 Å². The summed E-state index contributed by atoms with van der Waals surface area (Å²) in [5, 5.41) is 6.82. The second-order valence-electron chi connectivity index (χ2n) is 8.94. The Morgan fingerprint density at radius 2 is 1.84 bits per heavy atom. The quantitative estimate of drug-likeness (QED) is 0.366. The standard InChI is InChI=1S/C29H28N4O4/c1-4-5-10-24-30-26-18(2)11-16-23(29(35)36-3)27(26)33(24)20-14-12-19(13-15-20)21-8-6-7-9-22(21)28-31-25(34)17-37-32-28/h6-9,11-16H,4-5,10,17H2,1-3H3,(H,31,32,34). The Bertz CT molecular complexity index is 1520. The highest BCUT2D eigenvalue weighted by atomic mass is 16.6. The summed E-state index contributed by atoms with van der Waals surface area (Å²) in [7, 11) is 1.39. The van der Waals surface area contributed by atoms with Crippen LogP contribution in [0.25, 0.3) is 27.8 Å². The average Bonchev–Trinajstić information content (AvgIpc) is 3.32. The summed E-state index contributed by atoms with van der Waals surface area (Å²) in [6.07, 6.45) is 2.80. The van der Waals surface area contributed by atoms with Crippen LogP contribution >= 0.6 is 0 Å². The van der Waals surface area contributed by atoms with E-state index in [1.54, 1.807) is 6.07 Å². The summed E-state index contributed by atoms with van der Waals surface area (Å²) in [6.45, 7) is 4.06. The summed E-state index contributed by atoms with van der Waals surface area (Å²) in [5.74, 6) is 0.659. The molecule has 8 nitrogen and oxygen atoms in total. The number of aromatic nitrogens is 2. The highest BCUT2D eigenvalue weighted by Gasteiger charge is 2.22. The molecule has 1 amide bonds. The van der Waals surface area contributed by atoms with Gasteiger partial charge in [-0.25, -0.2) is 9.78 Å². The minimum absolute atomic E-state index is 0.0906. The fourth-order valence-corrected chi connectivity index (χ4v) is 4.61. The molecule has 0 radical (unpaired) electrons. The summed E-state index contributed by atoms with van der Waals surface area (Å²) in [5.41, 5.74) is 6.57. The number of ether oxygens (including phenoxy) is 1. The van der Waals surface area contributed by atoms with Gasteiger partial charge in [-0.05, 0) is 48.2 Å². The number of nitrogens with zero attached hydrogens (tertiary/aromatic N) is 3. The Morgan fingerprint density at radius 1 is 1.08 bits per heavy atom. The molecule has 0 fully saturated rings. The van der Waals surface area contributed by atoms with Gasteiger partial charge < -0.3 is 14.9 Å². The third-order valence-corrected chi connectivity index (χ3v) is 6.46. The molecule has 1 N–H and O–H groups in total. The lowest BCUT2D eigenvalue weighted by Gasteiger charge is -2.17. The van der Waals surface area contributed by atoms with Crippen LogP contribution < -0.4 is 5.32 Å². The van der Waals surface area contributed by atoms with Crippen molar-refractivity contribution in [1.82, 2.24) is 14.9 Å². The topological polar surface area (TPSA) is 94.8 Å². The van der Waals surface area contributed by atoms with Gasteiger partial charge in [0.1, 0.15) is 5.82 Å². The van der Waals surface area contributed by atoms with Crippen molar-refractivity contribution in [3.8, 4) is 16.8 Å². The van der Waals surface area contributed by atoms with Gasteiger partial charge in [0.2, 0.25) is 0 Å². The van der Waals surface area contributed by atoms with Crippen LogP contribution in [-0.2, 0) is 20.8 Å². The summed E-state index contributed by atoms with van der Waals surface area (Å²) >= 11 is 0. The van der Waals surface area contributed by atoms with Crippen molar-refractivity contribution in [2.75, 3.05) is 13.7 Å². The number of carbonyl (C=O) groups is 2. The molecule has 188 valence electrons. The summed E-state index contributed by atoms with van der Waals surface area (Å²) < 4.78 is 7.16. The van der Waals surface area contributed by atoms with Gasteiger partial charge in [-0.2, -0.15) is 0 Å². The number of imidazole rings is 1. The number of nitrogens with one attached hydrogen (secondary N) is 1. The molecule has 1 aliphatic rings. The first-order valence-electron chi connectivity index (χ1n) is 12.3. The first kappa shape index (κ1) is 24.2. The van der Waals surface area contributed by atoms with Gasteiger partial charge in [-0.15, -0.1) is 0 Å². The Kier molecular flexibility index (Phi) is 6.72. The number of esters is 1. The molecule has 0 unspecified atom stereocenters. The zero-order chi connectivity index (χ0) is 25.9. The SMILES string of the molecule is CCCCc1nc2c(C)ccc(C(=O)OC)c2n1-c1ccc(-c2ccccc2C2=NOCC(=O)N2)cc1. The monoisotopic (exact) mass is 496 g/mol. The van der Waals surface area contributed by atoms with Crippen molar-refractivity contribution >= 4 is 28.7 Å². The molecule has 5 rings (SSSR count). The van der Waals surface area contributed by atoms with E-state index in [9.17, 15) is 9.59 Å². The number of benzene rings is 3. The predicted octanol–water partition coefficient (Wildman–Crippen LogP) is 4.94. The molecule has 2 heterocycles. The van der Waals surface area contributed by atoms with Gasteiger partial charge in [0, 0.05) is 17.7 Å². The summed E-state index contributed by atoms with van der Waals surface area (Å²) in [6, 6.07) is 19.5. The van der Waals surface area contributed by atoms with Crippen molar-refractivity contribution in [2.45, 2.75) is 33.1 Å². The minimum Gasteiger partial charge on any atom is -0.465 e. The van der Waals surface area contributed by atoms with Crippen LogP contribution in [0.3, 0.4) is 0 Å². The van der Waals surface area contributed by atoms with Crippen LogP contribution in [0.15, 0.2) is 65.8 Å². The Morgan fingerprint density at radius 3 is 2.54 bits per heavy atom. The molecule has 0 saturated carbocycles. The lowest BCUT2D eigenvalue weighted by molar-refractivity contribution is -0.125. The van der Waals surface area contributed by atoms with E-state index in [4.69, 9.17) is 14.6 Å². The zero-order valence-corrected chi connectivity index (χ0v) is 21.1. The largest absolute Gasteiger partial charge is 0.465 e. The van der Waals surface area contributed by atoms with Crippen molar-refractivity contribution < 1.29 is 19.2 Å². The van der Waals surface area contributed by atoms with Crippen molar-refractivity contribution in [2.24, 2.45) is 5.16 Å². The van der Waals surface area contributed by atoms with Crippen LogP contribution in [0.5, 0.6) is 0 Å². The number of hydrogen-bond donors (Lipinski definition) is 1. The van der Waals surface area contributed by atoms with E-state index in [0.29, 0.717) is 11.4 Å². The van der Waals surface area contributed by atoms with E-state index in [1.807, 2.05) is 61.5 Å². The van der Waals surface area contributed by atoms with Gasteiger partial charge in [0.25, 0.3) is 5.91 Å². The molecule has 8 heteroatoms. The van der Waals surface area contributed by atoms with Crippen LogP contribution in [0.2, 0.25) is 0 Å². The number of unbranched alkanes of at least 4 members (excludes halogenated alkanes) is 1. The fraction of sp³-hybridized carbons (Fsp3) is 0.241. The average molecular weight is 497 g/mol. The number of aryl methyl sites for hydroxylation is 2. The number of hydrogen-bond acceptors (Lipinski definition) is 6. The van der Waals surface area contributed by atoms with Crippen molar-refractivity contribution in [3.05, 3.63) is 83.2 Å². The first-order chi connectivity index (χ1) is 18.0. The van der Waals surface area contributed by atoms with E-state index in [-0.39, 0.29) is 12.5 Å². The molecular weight excluding hydrogens is 468 g/mol. The number of amidine groups is 1. The number of oxime groups is 1. The zero-order valence-electron chi connectivity index (χ0n) is 21.1. The van der Waals surface area contributed by atoms with E-state index >= 15 is 0 Å². The molecule has 4 aromatic rings. The highest BCUT2D eigenvalue weighted by molar-refractivity contribution is 6.12. The van der Waals surface area contributed by atoms with E-state index in [1.165, 1.54) is 7.11 Å². The molecule has 0 spiro atoms. The molecule has 0 atom stereocenters. The number of rotatable bonds is 7. The molecule has 1 aromatic heterocycles. The van der Waals surface area contributed by atoms with Crippen molar-refractivity contribution in [1.29, 1.82) is 0 Å². The second-order valence-corrected chi connectivity index (χ2v) is 8.94. The molecule has 0 bridgehead atoms. The maximum atomic E-state index is 12.7. The molecule has 0 aliphatic carbocycles. The number of amides is 1. The maximum Gasteiger partial charge on any atom is 0.340 e. The molecule has 1 aliphatic heterocycles. The smallest absolute Gasteiger partial charge is 0.340 e. The third-order valence-electron chi connectivity index (χ3n) is 6.46. The molecular formula is C29H28N4O4.